The Hall–Kier alpha value is -18.7. The predicted molar refractivity (Wildman–Crippen MR) is 596 cm³/mol. The Morgan fingerprint density at radius 1 is 0.170 bits per heavy atom. The van der Waals surface area contributed by atoms with E-state index in [4.69, 9.17) is 18.8 Å². The minimum absolute atomic E-state index is 0.550. The fraction of sp³-hybridized carbons (Fsp3) is 0. The zero-order valence-electron chi connectivity index (χ0n) is 75.4. The molecule has 0 aliphatic rings. The standard InChI is InChI=1S/2C34H19NO.C34H19NS.C28H15N5/c1-7-15-28-20(9-1)17-30-34-25-14-5-3-11-22(25)21-10-2-4-13-24(21)33(34)27-19-32-26(18-29(27)35(28)30)23-12-6-8-16-31(23)36-32;1-7-15-28-20(9-1)17-30-34-25-14-5-3-11-22(25)21-10-2-4-13-24(21)33(34)27-18-26-23-12-6-8-16-31(23)36-32(26)19-29(27)35(28)30;1-7-15-28-20(9-1)17-30-34-25-14-5-3-11-22(25)21-10-2-4-13-24(21)33(34)27-19-32-26(18-29(27)35(28)30)23-12-6-8-16-31(23)36-32;1-6-12-21-16(7-1)15-22-23-19-10-4-2-8-17(19)18-9-3-5-11-20(18)24(23)25-28(33(21)22)32-27-26(31-25)29-13-14-30-27/h3*1-19H;1-15H. The number of nitrogens with zero attached hydrogens (tertiary/aromatic N) is 8. The van der Waals surface area contributed by atoms with Gasteiger partial charge in [0.05, 0.1) is 60.7 Å². The van der Waals surface area contributed by atoms with Gasteiger partial charge in [0.15, 0.2) is 16.9 Å². The van der Waals surface area contributed by atoms with Gasteiger partial charge in [0, 0.05) is 141 Å². The van der Waals surface area contributed by atoms with Crippen molar-refractivity contribution in [3.8, 4) is 0 Å². The second kappa shape index (κ2) is 28.9. The average molecular weight is 1810 g/mol. The highest BCUT2D eigenvalue weighted by molar-refractivity contribution is 7.26. The molecule has 0 bridgehead atoms. The number of aromatic nitrogens is 8. The van der Waals surface area contributed by atoms with E-state index in [9.17, 15) is 0 Å². The molecular formula is C130H72N8O2S. The number of para-hydroxylation sites is 6. The van der Waals surface area contributed by atoms with Crippen LogP contribution >= 0.6 is 11.3 Å². The number of pyridine rings is 4. The molecule has 0 saturated heterocycles. The van der Waals surface area contributed by atoms with E-state index < -0.39 is 0 Å². The third kappa shape index (κ3) is 10.7. The number of fused-ring (bicyclic) bond motifs is 62. The van der Waals surface area contributed by atoms with Crippen LogP contribution in [-0.2, 0) is 0 Å². The molecule has 0 N–H and O–H groups in total. The number of hydrogen-bond donors (Lipinski definition) is 0. The van der Waals surface area contributed by atoms with Crippen LogP contribution in [0.3, 0.4) is 0 Å². The van der Waals surface area contributed by atoms with Gasteiger partial charge in [-0.05, 0) is 183 Å². The average Bonchev–Trinajstić information content (AvgIpc) is 1.63. The molecule has 13 heterocycles. The predicted octanol–water partition coefficient (Wildman–Crippen LogP) is 35.7. The number of thiophene rings is 1. The number of hydrogen-bond acceptors (Lipinski definition) is 7. The van der Waals surface area contributed by atoms with Crippen LogP contribution in [0.2, 0.25) is 0 Å². The van der Waals surface area contributed by atoms with Crippen molar-refractivity contribution in [1.29, 1.82) is 0 Å². The third-order valence-corrected chi connectivity index (χ3v) is 31.5. The highest BCUT2D eigenvalue weighted by Gasteiger charge is 2.28. The first-order chi connectivity index (χ1) is 70.0. The van der Waals surface area contributed by atoms with Crippen LogP contribution in [0.1, 0.15) is 0 Å². The molecule has 10 nitrogen and oxygen atoms in total. The Morgan fingerprint density at radius 3 is 0.887 bits per heavy atom. The van der Waals surface area contributed by atoms with Gasteiger partial charge < -0.3 is 22.0 Å². The lowest BCUT2D eigenvalue weighted by Crippen LogP contribution is -2.00. The molecule has 22 aromatic carbocycles. The Labute approximate surface area is 803 Å². The Balaban J connectivity index is 0.0000000848. The maximum absolute atomic E-state index is 6.38. The molecule has 0 saturated carbocycles. The molecule has 0 aliphatic heterocycles. The highest BCUT2D eigenvalue weighted by Crippen LogP contribution is 2.52. The first kappa shape index (κ1) is 76.6. The van der Waals surface area contributed by atoms with E-state index in [-0.39, 0.29) is 0 Å². The molecule has 0 amide bonds. The van der Waals surface area contributed by atoms with Crippen LogP contribution in [0.15, 0.2) is 446 Å². The smallest absolute Gasteiger partial charge is 0.199 e. The summed E-state index contributed by atoms with van der Waals surface area (Å²) in [6, 6.07) is 154. The summed E-state index contributed by atoms with van der Waals surface area (Å²) in [5.74, 6) is 0. The van der Waals surface area contributed by atoms with Crippen molar-refractivity contribution >= 4 is 326 Å². The summed E-state index contributed by atoms with van der Waals surface area (Å²) in [7, 11) is 0. The first-order valence-corrected chi connectivity index (χ1v) is 48.8. The van der Waals surface area contributed by atoms with E-state index in [0.717, 1.165) is 71.5 Å². The van der Waals surface area contributed by atoms with Crippen LogP contribution in [0.5, 0.6) is 0 Å². The van der Waals surface area contributed by atoms with Gasteiger partial charge in [-0.1, -0.05) is 322 Å². The van der Waals surface area contributed by atoms with Crippen molar-refractivity contribution < 1.29 is 8.83 Å². The quantitative estimate of drug-likeness (QED) is 0.111. The summed E-state index contributed by atoms with van der Waals surface area (Å²) in [5, 5.41) is 46.6. The zero-order chi connectivity index (χ0) is 91.7. The zero-order valence-corrected chi connectivity index (χ0v) is 76.2. The van der Waals surface area contributed by atoms with Crippen molar-refractivity contribution in [2.45, 2.75) is 0 Å². The van der Waals surface area contributed by atoms with E-state index in [0.29, 0.717) is 11.3 Å². The Kier molecular flexibility index (Phi) is 15.7. The van der Waals surface area contributed by atoms with Crippen LogP contribution in [-0.4, -0.2) is 37.5 Å². The van der Waals surface area contributed by atoms with Crippen molar-refractivity contribution in [1.82, 2.24) is 37.5 Å². The molecule has 650 valence electrons. The molecule has 0 unspecified atom stereocenters. The van der Waals surface area contributed by atoms with Crippen molar-refractivity contribution in [3.63, 3.8) is 0 Å². The molecule has 35 rings (SSSR count). The van der Waals surface area contributed by atoms with E-state index in [1.807, 2.05) is 23.5 Å². The van der Waals surface area contributed by atoms with Crippen LogP contribution in [0.25, 0.3) is 314 Å². The minimum atomic E-state index is 0.550. The van der Waals surface area contributed by atoms with Crippen LogP contribution in [0.4, 0.5) is 0 Å². The van der Waals surface area contributed by atoms with Gasteiger partial charge in [-0.25, -0.2) is 19.9 Å². The van der Waals surface area contributed by atoms with Gasteiger partial charge in [0.1, 0.15) is 27.8 Å². The van der Waals surface area contributed by atoms with Crippen LogP contribution in [0, 0.1) is 0 Å². The van der Waals surface area contributed by atoms with Gasteiger partial charge in [0.25, 0.3) is 0 Å². The molecule has 0 fully saturated rings. The van der Waals surface area contributed by atoms with Crippen LogP contribution < -0.4 is 0 Å². The SMILES string of the molecule is c1ccc2c(c1)cc1c3c4ccccc4c4ccccc4c3c3cc4c(cc3n21)oc1ccccc14.c1ccc2c(c1)cc1c3c4ccccc4c4ccccc4c3c3cc4oc5ccccc5c4cc3n21.c1ccc2c(c1)cc1c3c4ccccc4c4ccccc4c3c3cc4sc5ccccc5c4cc3n21.c1ccc2c(c1)cc1c3c4ccccc4c4ccccc4c3c3nc4nccnc4nc3n21. The van der Waals surface area contributed by atoms with E-state index in [1.165, 1.54) is 231 Å². The lowest BCUT2D eigenvalue weighted by molar-refractivity contribution is 0.669. The second-order valence-electron chi connectivity index (χ2n) is 37.6. The van der Waals surface area contributed by atoms with E-state index in [2.05, 4.69) is 440 Å². The first-order valence-electron chi connectivity index (χ1n) is 48.0. The number of benzene rings is 22. The van der Waals surface area contributed by atoms with Gasteiger partial charge in [-0.3, -0.25) is 4.40 Å². The van der Waals surface area contributed by atoms with Gasteiger partial charge in [-0.2, -0.15) is 0 Å². The molecule has 0 atom stereocenters. The van der Waals surface area contributed by atoms with Gasteiger partial charge in [-0.15, -0.1) is 11.3 Å². The monoisotopic (exact) mass is 1810 g/mol. The molecule has 11 heteroatoms. The number of rotatable bonds is 0. The van der Waals surface area contributed by atoms with E-state index >= 15 is 0 Å². The van der Waals surface area contributed by atoms with E-state index in [1.54, 1.807) is 12.4 Å². The topological polar surface area (TPSA) is 95.5 Å². The number of furan rings is 2. The normalized spacial score (nSPS) is 12.4. The summed E-state index contributed by atoms with van der Waals surface area (Å²) < 4.78 is 25.0. The summed E-state index contributed by atoms with van der Waals surface area (Å²) >= 11 is 1.90. The molecule has 13 aromatic heterocycles. The molecule has 0 radical (unpaired) electrons. The van der Waals surface area contributed by atoms with Gasteiger partial charge >= 0.3 is 0 Å². The summed E-state index contributed by atoms with van der Waals surface area (Å²) in [5.41, 5.74) is 19.8. The van der Waals surface area contributed by atoms with Crippen molar-refractivity contribution in [2.75, 3.05) is 0 Å². The molecule has 0 spiro atoms. The summed E-state index contributed by atoms with van der Waals surface area (Å²) in [6.07, 6.45) is 3.33. The maximum atomic E-state index is 6.38. The summed E-state index contributed by atoms with van der Waals surface area (Å²) in [6.45, 7) is 0. The maximum Gasteiger partial charge on any atom is 0.199 e. The second-order valence-corrected chi connectivity index (χ2v) is 38.6. The van der Waals surface area contributed by atoms with Crippen molar-refractivity contribution in [2.24, 2.45) is 0 Å². The lowest BCUT2D eigenvalue weighted by atomic mass is 9.91. The summed E-state index contributed by atoms with van der Waals surface area (Å²) in [4.78, 5) is 18.9. The fourth-order valence-corrected chi connectivity index (χ4v) is 25.8. The molecule has 141 heavy (non-hydrogen) atoms. The van der Waals surface area contributed by atoms with Crippen molar-refractivity contribution in [3.05, 3.63) is 437 Å². The molecular weight excluding hydrogens is 1740 g/mol. The largest absolute Gasteiger partial charge is 0.456 e. The molecule has 35 aromatic rings. The Morgan fingerprint density at radius 2 is 0.461 bits per heavy atom. The molecule has 0 aliphatic carbocycles. The third-order valence-electron chi connectivity index (χ3n) is 30.4. The minimum Gasteiger partial charge on any atom is -0.456 e. The Bertz CT molecular complexity index is 11500. The highest BCUT2D eigenvalue weighted by atomic mass is 32.1. The lowest BCUT2D eigenvalue weighted by Gasteiger charge is -2.16. The van der Waals surface area contributed by atoms with Gasteiger partial charge in [0.2, 0.25) is 0 Å². The fourth-order valence-electron chi connectivity index (χ4n) is 24.6.